The van der Waals surface area contributed by atoms with E-state index in [-0.39, 0.29) is 11.9 Å². The van der Waals surface area contributed by atoms with Gasteiger partial charge in [0.25, 0.3) is 0 Å². The SMILES string of the molecule is CCCCCC/C(C(=O)OC)=C(\C)C(C)CCCCC(CCCCC)/C1=C(\C(=O)OC)CCCCCCCCCC1. The molecule has 2 unspecified atom stereocenters. The standard InChI is InChI=1S/C37H66O4/c1-7-9-11-19-27-33(36(38)40-5)31(4)30(3)24-22-23-26-32(25-18-10-8-2)34-28-20-16-14-12-13-15-17-21-29-35(34)37(39)41-6/h30,32H,7-29H2,1-6H3/b33-31-,35-34-. The Bertz CT molecular complexity index is 778. The zero-order chi connectivity index (χ0) is 30.3. The van der Waals surface area contributed by atoms with Crippen LogP contribution in [0.5, 0.6) is 0 Å². The fraction of sp³-hybridized carbons (Fsp3) is 0.838. The first kappa shape index (κ1) is 37.4. The summed E-state index contributed by atoms with van der Waals surface area (Å²) in [6, 6.07) is 0. The second-order valence-corrected chi connectivity index (χ2v) is 12.7. The van der Waals surface area contributed by atoms with Crippen LogP contribution < -0.4 is 0 Å². The fourth-order valence-corrected chi connectivity index (χ4v) is 6.60. The van der Waals surface area contributed by atoms with Gasteiger partial charge in [-0.15, -0.1) is 0 Å². The smallest absolute Gasteiger partial charge is 0.333 e. The van der Waals surface area contributed by atoms with Gasteiger partial charge >= 0.3 is 11.9 Å². The van der Waals surface area contributed by atoms with Gasteiger partial charge in [-0.2, -0.15) is 0 Å². The summed E-state index contributed by atoms with van der Waals surface area (Å²) in [5.41, 5.74) is 4.54. The summed E-state index contributed by atoms with van der Waals surface area (Å²) in [6.07, 6.45) is 26.9. The Morgan fingerprint density at radius 1 is 0.683 bits per heavy atom. The molecule has 0 bridgehead atoms. The Labute approximate surface area is 254 Å². The van der Waals surface area contributed by atoms with Crippen LogP contribution in [0.4, 0.5) is 0 Å². The van der Waals surface area contributed by atoms with Gasteiger partial charge in [0.05, 0.1) is 14.2 Å². The molecule has 4 nitrogen and oxygen atoms in total. The van der Waals surface area contributed by atoms with Crippen LogP contribution in [-0.4, -0.2) is 26.2 Å². The number of carbonyl (C=O) groups is 2. The van der Waals surface area contributed by atoms with Crippen molar-refractivity contribution in [3.05, 3.63) is 22.3 Å². The van der Waals surface area contributed by atoms with Crippen LogP contribution in [0, 0.1) is 11.8 Å². The van der Waals surface area contributed by atoms with Crippen LogP contribution in [-0.2, 0) is 19.1 Å². The molecule has 0 aromatic rings. The van der Waals surface area contributed by atoms with E-state index in [0.717, 1.165) is 68.9 Å². The number of hydrogen-bond acceptors (Lipinski definition) is 4. The predicted octanol–water partition coefficient (Wildman–Crippen LogP) is 11.2. The molecule has 0 spiro atoms. The summed E-state index contributed by atoms with van der Waals surface area (Å²) in [5, 5.41) is 0. The third-order valence-electron chi connectivity index (χ3n) is 9.46. The molecule has 0 fully saturated rings. The highest BCUT2D eigenvalue weighted by molar-refractivity contribution is 5.89. The van der Waals surface area contributed by atoms with Crippen LogP contribution in [0.2, 0.25) is 0 Å². The minimum Gasteiger partial charge on any atom is -0.466 e. The van der Waals surface area contributed by atoms with Crippen LogP contribution in [0.25, 0.3) is 0 Å². The van der Waals surface area contributed by atoms with Gasteiger partial charge in [0.1, 0.15) is 0 Å². The third kappa shape index (κ3) is 15.5. The van der Waals surface area contributed by atoms with E-state index in [1.165, 1.54) is 108 Å². The van der Waals surface area contributed by atoms with Crippen LogP contribution in [0.15, 0.2) is 22.3 Å². The normalized spacial score (nSPS) is 19.4. The molecule has 0 aromatic heterocycles. The Kier molecular flexibility index (Phi) is 21.9. The van der Waals surface area contributed by atoms with Crippen molar-refractivity contribution in [3.63, 3.8) is 0 Å². The number of carbonyl (C=O) groups excluding carboxylic acids is 2. The molecule has 0 aromatic carbocycles. The van der Waals surface area contributed by atoms with Crippen molar-refractivity contribution in [1.29, 1.82) is 0 Å². The topological polar surface area (TPSA) is 52.6 Å². The number of esters is 2. The molecule has 0 heterocycles. The van der Waals surface area contributed by atoms with Crippen molar-refractivity contribution in [1.82, 2.24) is 0 Å². The Morgan fingerprint density at radius 3 is 1.80 bits per heavy atom. The molecule has 0 saturated heterocycles. The van der Waals surface area contributed by atoms with Gasteiger partial charge < -0.3 is 9.47 Å². The van der Waals surface area contributed by atoms with E-state index in [1.54, 1.807) is 7.11 Å². The lowest BCUT2D eigenvalue weighted by Crippen LogP contribution is -2.15. The molecule has 0 amide bonds. The summed E-state index contributed by atoms with van der Waals surface area (Å²) >= 11 is 0. The maximum Gasteiger partial charge on any atom is 0.333 e. The van der Waals surface area contributed by atoms with Crippen LogP contribution in [0.1, 0.15) is 175 Å². The summed E-state index contributed by atoms with van der Waals surface area (Å²) < 4.78 is 10.5. The minimum absolute atomic E-state index is 0.0822. The second kappa shape index (κ2) is 23.9. The lowest BCUT2D eigenvalue weighted by molar-refractivity contribution is -0.137. The predicted molar refractivity (Wildman–Crippen MR) is 174 cm³/mol. The first-order valence-electron chi connectivity index (χ1n) is 17.5. The highest BCUT2D eigenvalue weighted by Gasteiger charge is 2.23. The molecule has 4 heteroatoms. The molecule has 0 N–H and O–H groups in total. The summed E-state index contributed by atoms with van der Waals surface area (Å²) in [7, 11) is 3.06. The molecule has 0 aliphatic heterocycles. The Hall–Kier alpha value is -1.58. The van der Waals surface area contributed by atoms with E-state index in [1.807, 2.05) is 0 Å². The van der Waals surface area contributed by atoms with E-state index in [9.17, 15) is 9.59 Å². The number of ether oxygens (including phenoxy) is 2. The van der Waals surface area contributed by atoms with Crippen molar-refractivity contribution >= 4 is 11.9 Å². The third-order valence-corrected chi connectivity index (χ3v) is 9.46. The first-order chi connectivity index (χ1) is 19.9. The zero-order valence-corrected chi connectivity index (χ0v) is 28.1. The number of allylic oxidation sites excluding steroid dienone is 2. The fourth-order valence-electron chi connectivity index (χ4n) is 6.60. The summed E-state index contributed by atoms with van der Waals surface area (Å²) in [4.78, 5) is 25.6. The van der Waals surface area contributed by atoms with Gasteiger partial charge in [0.15, 0.2) is 0 Å². The van der Waals surface area contributed by atoms with Crippen molar-refractivity contribution in [2.75, 3.05) is 14.2 Å². The lowest BCUT2D eigenvalue weighted by atomic mass is 9.81. The maximum atomic E-state index is 13.1. The minimum atomic E-state index is -0.147. The largest absolute Gasteiger partial charge is 0.466 e. The summed E-state index contributed by atoms with van der Waals surface area (Å²) in [6.45, 7) is 8.90. The van der Waals surface area contributed by atoms with Crippen LogP contribution >= 0.6 is 0 Å². The second-order valence-electron chi connectivity index (χ2n) is 12.7. The molecule has 0 saturated carbocycles. The number of methoxy groups -OCH3 is 2. The average Bonchev–Trinajstić information content (AvgIpc) is 2.97. The van der Waals surface area contributed by atoms with E-state index in [4.69, 9.17) is 9.47 Å². The molecule has 2 atom stereocenters. The lowest BCUT2D eigenvalue weighted by Gasteiger charge is -2.25. The molecule has 1 aliphatic carbocycles. The Morgan fingerprint density at radius 2 is 1.22 bits per heavy atom. The van der Waals surface area contributed by atoms with E-state index >= 15 is 0 Å². The Balaban J connectivity index is 3.00. The number of hydrogen-bond donors (Lipinski definition) is 0. The maximum absolute atomic E-state index is 13.1. The molecule has 238 valence electrons. The van der Waals surface area contributed by atoms with Crippen molar-refractivity contribution in [3.8, 4) is 0 Å². The molecule has 0 radical (unpaired) electrons. The molecular weight excluding hydrogens is 508 g/mol. The van der Waals surface area contributed by atoms with Gasteiger partial charge in [0, 0.05) is 11.1 Å². The van der Waals surface area contributed by atoms with Gasteiger partial charge in [0.2, 0.25) is 0 Å². The van der Waals surface area contributed by atoms with Gasteiger partial charge in [-0.1, -0.05) is 122 Å². The molecule has 1 rings (SSSR count). The molecule has 1 aliphatic rings. The van der Waals surface area contributed by atoms with Crippen molar-refractivity contribution in [2.45, 2.75) is 175 Å². The number of rotatable bonds is 18. The zero-order valence-electron chi connectivity index (χ0n) is 28.1. The quantitative estimate of drug-likeness (QED) is 0.0928. The van der Waals surface area contributed by atoms with E-state index in [2.05, 4.69) is 27.7 Å². The van der Waals surface area contributed by atoms with Gasteiger partial charge in [-0.3, -0.25) is 0 Å². The number of unbranched alkanes of at least 4 members (excludes halogenated alkanes) is 6. The van der Waals surface area contributed by atoms with E-state index < -0.39 is 0 Å². The first-order valence-corrected chi connectivity index (χ1v) is 17.5. The van der Waals surface area contributed by atoms with Gasteiger partial charge in [-0.05, 0) is 76.5 Å². The van der Waals surface area contributed by atoms with E-state index in [0.29, 0.717) is 11.8 Å². The highest BCUT2D eigenvalue weighted by atomic mass is 16.5. The summed E-state index contributed by atoms with van der Waals surface area (Å²) in [5.74, 6) is 0.627. The molecule has 41 heavy (non-hydrogen) atoms. The van der Waals surface area contributed by atoms with Crippen molar-refractivity contribution < 1.29 is 19.1 Å². The average molecular weight is 575 g/mol. The van der Waals surface area contributed by atoms with Gasteiger partial charge in [-0.25, -0.2) is 9.59 Å². The highest BCUT2D eigenvalue weighted by Crippen LogP contribution is 2.35. The molecular formula is C37H66O4. The van der Waals surface area contributed by atoms with Crippen LogP contribution in [0.3, 0.4) is 0 Å². The monoisotopic (exact) mass is 574 g/mol. The van der Waals surface area contributed by atoms with Crippen molar-refractivity contribution in [2.24, 2.45) is 11.8 Å².